The highest BCUT2D eigenvalue weighted by molar-refractivity contribution is 4.82. The summed E-state index contributed by atoms with van der Waals surface area (Å²) in [7, 11) is 0. The molecule has 2 heterocycles. The molecule has 3 heteroatoms. The van der Waals surface area contributed by atoms with Gasteiger partial charge in [-0.1, -0.05) is 0 Å². The van der Waals surface area contributed by atoms with E-state index in [0.717, 1.165) is 19.5 Å². The summed E-state index contributed by atoms with van der Waals surface area (Å²) in [5, 5.41) is 8.75. The normalized spacial score (nSPS) is 37.9. The number of nitrogens with zero attached hydrogens (tertiary/aromatic N) is 1. The molecule has 2 bridgehead atoms. The number of aliphatic hydroxyl groups is 1. The van der Waals surface area contributed by atoms with Crippen LogP contribution in [0.4, 0.5) is 0 Å². The van der Waals surface area contributed by atoms with Crippen molar-refractivity contribution in [3.63, 3.8) is 0 Å². The van der Waals surface area contributed by atoms with Crippen molar-refractivity contribution in [2.45, 2.75) is 31.6 Å². The predicted molar refractivity (Wildman–Crippen MR) is 41.2 cm³/mol. The number of aliphatic hydroxyl groups excluding tert-OH is 1. The lowest BCUT2D eigenvalue weighted by atomic mass is 10.1. The van der Waals surface area contributed by atoms with E-state index in [1.165, 1.54) is 12.8 Å². The van der Waals surface area contributed by atoms with Gasteiger partial charge in [0.05, 0.1) is 12.7 Å². The van der Waals surface area contributed by atoms with Crippen molar-refractivity contribution in [1.29, 1.82) is 0 Å². The van der Waals surface area contributed by atoms with Crippen LogP contribution in [0, 0.1) is 0 Å². The quantitative estimate of drug-likeness (QED) is 0.621. The van der Waals surface area contributed by atoms with Crippen LogP contribution in [0.25, 0.3) is 0 Å². The highest BCUT2D eigenvalue weighted by Gasteiger charge is 2.35. The van der Waals surface area contributed by atoms with Crippen molar-refractivity contribution in [3.05, 3.63) is 0 Å². The van der Waals surface area contributed by atoms with Crippen molar-refractivity contribution < 1.29 is 9.84 Å². The zero-order valence-electron chi connectivity index (χ0n) is 6.70. The van der Waals surface area contributed by atoms with E-state index in [1.54, 1.807) is 0 Å². The Morgan fingerprint density at radius 2 is 2.36 bits per heavy atom. The van der Waals surface area contributed by atoms with Gasteiger partial charge in [0.1, 0.15) is 6.23 Å². The fourth-order valence-corrected chi connectivity index (χ4v) is 2.02. The second-order valence-corrected chi connectivity index (χ2v) is 3.36. The summed E-state index contributed by atoms with van der Waals surface area (Å²) < 4.78 is 5.68. The molecule has 0 unspecified atom stereocenters. The van der Waals surface area contributed by atoms with Gasteiger partial charge >= 0.3 is 0 Å². The Morgan fingerprint density at radius 1 is 1.45 bits per heavy atom. The van der Waals surface area contributed by atoms with Gasteiger partial charge < -0.3 is 9.84 Å². The molecule has 3 nitrogen and oxygen atoms in total. The third-order valence-electron chi connectivity index (χ3n) is 2.56. The molecule has 1 N–H and O–H groups in total. The maximum Gasteiger partial charge on any atom is 0.111 e. The average molecular weight is 157 g/mol. The summed E-state index contributed by atoms with van der Waals surface area (Å²) >= 11 is 0. The average Bonchev–Trinajstić information content (AvgIpc) is 2.29. The third kappa shape index (κ3) is 1.41. The molecule has 0 amide bonds. The van der Waals surface area contributed by atoms with Crippen molar-refractivity contribution in [2.24, 2.45) is 0 Å². The summed E-state index contributed by atoms with van der Waals surface area (Å²) in [4.78, 5) is 2.25. The maximum absolute atomic E-state index is 8.75. The van der Waals surface area contributed by atoms with E-state index in [0.29, 0.717) is 12.3 Å². The monoisotopic (exact) mass is 157 g/mol. The van der Waals surface area contributed by atoms with Crippen LogP contribution < -0.4 is 0 Å². The minimum Gasteiger partial charge on any atom is -0.395 e. The van der Waals surface area contributed by atoms with Crippen LogP contribution in [0.5, 0.6) is 0 Å². The molecule has 2 fully saturated rings. The fourth-order valence-electron chi connectivity index (χ4n) is 2.02. The second kappa shape index (κ2) is 3.09. The Morgan fingerprint density at radius 3 is 3.09 bits per heavy atom. The van der Waals surface area contributed by atoms with Crippen molar-refractivity contribution in [3.8, 4) is 0 Å². The van der Waals surface area contributed by atoms with Gasteiger partial charge in [0.15, 0.2) is 0 Å². The number of rotatable bonds is 2. The van der Waals surface area contributed by atoms with Crippen LogP contribution in [-0.2, 0) is 4.74 Å². The molecular weight excluding hydrogens is 142 g/mol. The van der Waals surface area contributed by atoms with Crippen LogP contribution in [0.15, 0.2) is 0 Å². The van der Waals surface area contributed by atoms with Gasteiger partial charge in [-0.25, -0.2) is 0 Å². The standard InChI is InChI=1S/C8H15NO2/c10-5-4-9-6-7-2-1-3-8(9)11-7/h7-8,10H,1-6H2/t7-,8-/m1/s1. The first kappa shape index (κ1) is 7.53. The molecule has 0 aliphatic carbocycles. The highest BCUT2D eigenvalue weighted by Crippen LogP contribution is 2.28. The van der Waals surface area contributed by atoms with Gasteiger partial charge in [0.2, 0.25) is 0 Å². The first-order valence-corrected chi connectivity index (χ1v) is 4.40. The topological polar surface area (TPSA) is 32.7 Å². The van der Waals surface area contributed by atoms with Gasteiger partial charge in [-0.2, -0.15) is 0 Å². The molecule has 0 aromatic carbocycles. The van der Waals surface area contributed by atoms with Gasteiger partial charge in [-0.3, -0.25) is 4.90 Å². The van der Waals surface area contributed by atoms with E-state index in [1.807, 2.05) is 0 Å². The Labute approximate surface area is 66.9 Å². The summed E-state index contributed by atoms with van der Waals surface area (Å²) in [6.45, 7) is 2.07. The number of hydrogen-bond acceptors (Lipinski definition) is 3. The van der Waals surface area contributed by atoms with E-state index in [2.05, 4.69) is 4.90 Å². The molecule has 0 radical (unpaired) electrons. The lowest BCUT2D eigenvalue weighted by Crippen LogP contribution is -2.32. The molecule has 2 atom stereocenters. The minimum atomic E-state index is 0.257. The molecule has 2 rings (SSSR count). The lowest BCUT2D eigenvalue weighted by molar-refractivity contribution is -0.0359. The molecule has 11 heavy (non-hydrogen) atoms. The van der Waals surface area contributed by atoms with Gasteiger partial charge in [0.25, 0.3) is 0 Å². The van der Waals surface area contributed by atoms with Crippen LogP contribution >= 0.6 is 0 Å². The zero-order chi connectivity index (χ0) is 7.68. The molecule has 64 valence electrons. The van der Waals surface area contributed by atoms with E-state index < -0.39 is 0 Å². The van der Waals surface area contributed by atoms with Crippen molar-refractivity contribution in [1.82, 2.24) is 4.90 Å². The first-order chi connectivity index (χ1) is 5.40. The highest BCUT2D eigenvalue weighted by atomic mass is 16.5. The number of ether oxygens (including phenoxy) is 1. The Hall–Kier alpha value is -0.120. The Bertz CT molecular complexity index is 140. The zero-order valence-corrected chi connectivity index (χ0v) is 6.70. The Balaban J connectivity index is 1.92. The van der Waals surface area contributed by atoms with E-state index in [4.69, 9.17) is 9.84 Å². The number of hydrogen-bond donors (Lipinski definition) is 1. The number of fused-ring (bicyclic) bond motifs is 2. The fraction of sp³-hybridized carbons (Fsp3) is 1.00. The third-order valence-corrected chi connectivity index (χ3v) is 2.56. The largest absolute Gasteiger partial charge is 0.395 e. The SMILES string of the molecule is OCCN1C[C@H]2CCC[C@H]1O2. The predicted octanol–water partition coefficient (Wildman–Crippen LogP) is 0.189. The summed E-state index contributed by atoms with van der Waals surface area (Å²) in [5.41, 5.74) is 0. The molecule has 0 saturated carbocycles. The van der Waals surface area contributed by atoms with E-state index >= 15 is 0 Å². The summed E-state index contributed by atoms with van der Waals surface area (Å²) in [6, 6.07) is 0. The van der Waals surface area contributed by atoms with Gasteiger partial charge in [0, 0.05) is 13.1 Å². The molecule has 2 aliphatic heterocycles. The van der Waals surface area contributed by atoms with E-state index in [9.17, 15) is 0 Å². The summed E-state index contributed by atoms with van der Waals surface area (Å²) in [6.07, 6.45) is 4.42. The van der Waals surface area contributed by atoms with Crippen molar-refractivity contribution >= 4 is 0 Å². The van der Waals surface area contributed by atoms with Crippen LogP contribution in [0.2, 0.25) is 0 Å². The number of likely N-dealkylation sites (tertiary alicyclic amines) is 1. The Kier molecular flexibility index (Phi) is 2.11. The van der Waals surface area contributed by atoms with E-state index in [-0.39, 0.29) is 6.61 Å². The number of β-amino-alcohol motifs (C(OH)–C–C–N with tert-alkyl or cyclic N) is 1. The van der Waals surface area contributed by atoms with Crippen molar-refractivity contribution in [2.75, 3.05) is 19.7 Å². The summed E-state index contributed by atoms with van der Waals surface area (Å²) in [5.74, 6) is 0. The maximum atomic E-state index is 8.75. The van der Waals surface area contributed by atoms with Gasteiger partial charge in [-0.05, 0) is 19.3 Å². The smallest absolute Gasteiger partial charge is 0.111 e. The first-order valence-electron chi connectivity index (χ1n) is 4.40. The molecule has 2 saturated heterocycles. The van der Waals surface area contributed by atoms with Crippen LogP contribution in [0.3, 0.4) is 0 Å². The molecule has 0 aromatic heterocycles. The molecule has 0 spiro atoms. The molecule has 2 aliphatic rings. The molecule has 0 aromatic rings. The minimum absolute atomic E-state index is 0.257. The second-order valence-electron chi connectivity index (χ2n) is 3.36. The van der Waals surface area contributed by atoms with Crippen LogP contribution in [0.1, 0.15) is 19.3 Å². The lowest BCUT2D eigenvalue weighted by Gasteiger charge is -2.22. The molecular formula is C8H15NO2. The van der Waals surface area contributed by atoms with Gasteiger partial charge in [-0.15, -0.1) is 0 Å². The van der Waals surface area contributed by atoms with Crippen LogP contribution in [-0.4, -0.2) is 42.0 Å².